The maximum absolute atomic E-state index is 12.8. The number of benzene rings is 1. The van der Waals surface area contributed by atoms with Gasteiger partial charge in [0.05, 0.1) is 17.4 Å². The molecule has 1 aromatic heterocycles. The molecule has 0 N–H and O–H groups in total. The minimum Gasteiger partial charge on any atom is -0.384 e. The van der Waals surface area contributed by atoms with E-state index in [9.17, 15) is 8.42 Å². The molecule has 0 radical (unpaired) electrons. The fraction of sp³-hybridized carbons (Fsp3) is 0.467. The summed E-state index contributed by atoms with van der Waals surface area (Å²) in [6, 6.07) is 8.43. The van der Waals surface area contributed by atoms with Gasteiger partial charge in [-0.3, -0.25) is 0 Å². The fourth-order valence-corrected chi connectivity index (χ4v) is 4.44. The average molecular weight is 337 g/mol. The summed E-state index contributed by atoms with van der Waals surface area (Å²) in [7, 11) is -1.93. The van der Waals surface area contributed by atoms with Crippen molar-refractivity contribution in [2.75, 3.05) is 26.8 Å². The average Bonchev–Trinajstić information content (AvgIpc) is 3.15. The molecule has 124 valence electrons. The molecule has 2 aromatic rings. The van der Waals surface area contributed by atoms with Crippen LogP contribution in [0.25, 0.3) is 0 Å². The second-order valence-electron chi connectivity index (χ2n) is 5.64. The van der Waals surface area contributed by atoms with Crippen molar-refractivity contribution in [3.63, 3.8) is 0 Å². The van der Waals surface area contributed by atoms with E-state index in [2.05, 4.69) is 10.1 Å². The Labute approximate surface area is 135 Å². The number of aromatic nitrogens is 2. The second kappa shape index (κ2) is 6.38. The number of methoxy groups -OCH3 is 1. The van der Waals surface area contributed by atoms with Crippen molar-refractivity contribution in [1.29, 1.82) is 0 Å². The molecule has 0 aliphatic carbocycles. The van der Waals surface area contributed by atoms with Gasteiger partial charge >= 0.3 is 0 Å². The summed E-state index contributed by atoms with van der Waals surface area (Å²) in [4.78, 5) is 4.55. The summed E-state index contributed by atoms with van der Waals surface area (Å²) >= 11 is 0. The number of nitrogens with zero attached hydrogens (tertiary/aromatic N) is 3. The van der Waals surface area contributed by atoms with E-state index in [4.69, 9.17) is 9.26 Å². The molecule has 8 heteroatoms. The van der Waals surface area contributed by atoms with Crippen molar-refractivity contribution in [2.24, 2.45) is 5.92 Å². The standard InChI is InChI=1S/C15H19N3O4S/c1-11-16-15(22-17-11)14-9-18(8-12(14)10-21-2)23(19,20)13-6-4-3-5-7-13/h3-7,12,14H,8-10H2,1-2H3/t12-,14+/m0/s1. The molecule has 1 aliphatic rings. The van der Waals surface area contributed by atoms with E-state index in [1.165, 1.54) is 4.31 Å². The van der Waals surface area contributed by atoms with Gasteiger partial charge in [-0.2, -0.15) is 9.29 Å². The minimum atomic E-state index is -3.54. The third-order valence-electron chi connectivity index (χ3n) is 4.03. The van der Waals surface area contributed by atoms with Gasteiger partial charge in [0, 0.05) is 26.1 Å². The van der Waals surface area contributed by atoms with Crippen molar-refractivity contribution in [1.82, 2.24) is 14.4 Å². The van der Waals surface area contributed by atoms with Crippen LogP contribution in [-0.4, -0.2) is 49.7 Å². The van der Waals surface area contributed by atoms with E-state index in [1.54, 1.807) is 44.4 Å². The number of sulfonamides is 1. The third-order valence-corrected chi connectivity index (χ3v) is 5.88. The first-order chi connectivity index (χ1) is 11.0. The van der Waals surface area contributed by atoms with Crippen LogP contribution < -0.4 is 0 Å². The molecule has 0 unspecified atom stereocenters. The van der Waals surface area contributed by atoms with Gasteiger partial charge in [-0.15, -0.1) is 0 Å². The molecule has 1 aliphatic heterocycles. The van der Waals surface area contributed by atoms with Crippen molar-refractivity contribution < 1.29 is 17.7 Å². The van der Waals surface area contributed by atoms with Gasteiger partial charge in [-0.05, 0) is 19.1 Å². The van der Waals surface area contributed by atoms with E-state index < -0.39 is 10.0 Å². The Hall–Kier alpha value is -1.77. The van der Waals surface area contributed by atoms with Crippen LogP contribution in [0.2, 0.25) is 0 Å². The lowest BCUT2D eigenvalue weighted by molar-refractivity contribution is 0.145. The van der Waals surface area contributed by atoms with Gasteiger partial charge in [0.25, 0.3) is 0 Å². The van der Waals surface area contributed by atoms with Crippen LogP contribution in [0.5, 0.6) is 0 Å². The molecule has 1 aromatic carbocycles. The minimum absolute atomic E-state index is 0.0154. The van der Waals surface area contributed by atoms with Gasteiger partial charge in [-0.1, -0.05) is 23.4 Å². The molecular formula is C15H19N3O4S. The Bertz CT molecular complexity index is 760. The van der Waals surface area contributed by atoms with Crippen LogP contribution in [0.3, 0.4) is 0 Å². The Balaban J connectivity index is 1.88. The van der Waals surface area contributed by atoms with Gasteiger partial charge < -0.3 is 9.26 Å². The van der Waals surface area contributed by atoms with E-state index in [-0.39, 0.29) is 11.8 Å². The highest BCUT2D eigenvalue weighted by molar-refractivity contribution is 7.89. The Kier molecular flexibility index (Phi) is 4.47. The molecular weight excluding hydrogens is 318 g/mol. The number of hydrogen-bond donors (Lipinski definition) is 0. The van der Waals surface area contributed by atoms with E-state index in [0.29, 0.717) is 36.3 Å². The van der Waals surface area contributed by atoms with Gasteiger partial charge in [0.2, 0.25) is 15.9 Å². The molecule has 0 bridgehead atoms. The molecule has 0 amide bonds. The molecule has 0 spiro atoms. The Morgan fingerprint density at radius 2 is 2.04 bits per heavy atom. The molecule has 2 atom stereocenters. The maximum atomic E-state index is 12.8. The first kappa shape index (κ1) is 16.1. The number of ether oxygens (including phenoxy) is 1. The van der Waals surface area contributed by atoms with E-state index in [0.717, 1.165) is 0 Å². The number of rotatable bonds is 5. The summed E-state index contributed by atoms with van der Waals surface area (Å²) in [5.74, 6) is 0.837. The molecule has 0 saturated carbocycles. The molecule has 1 fully saturated rings. The summed E-state index contributed by atoms with van der Waals surface area (Å²) < 4.78 is 37.5. The zero-order valence-corrected chi connectivity index (χ0v) is 13.9. The van der Waals surface area contributed by atoms with Gasteiger partial charge in [-0.25, -0.2) is 8.42 Å². The predicted octanol–water partition coefficient (Wildman–Crippen LogP) is 1.43. The van der Waals surface area contributed by atoms with Crippen molar-refractivity contribution in [2.45, 2.75) is 17.7 Å². The van der Waals surface area contributed by atoms with Crippen LogP contribution in [0.1, 0.15) is 17.6 Å². The lowest BCUT2D eigenvalue weighted by Gasteiger charge is -2.16. The summed E-state index contributed by atoms with van der Waals surface area (Å²) in [6.45, 7) is 2.86. The lowest BCUT2D eigenvalue weighted by atomic mass is 9.97. The van der Waals surface area contributed by atoms with E-state index >= 15 is 0 Å². The molecule has 7 nitrogen and oxygen atoms in total. The zero-order valence-electron chi connectivity index (χ0n) is 13.0. The van der Waals surface area contributed by atoms with E-state index in [1.807, 2.05) is 0 Å². The van der Waals surface area contributed by atoms with Crippen molar-refractivity contribution >= 4 is 10.0 Å². The van der Waals surface area contributed by atoms with Gasteiger partial charge in [0.15, 0.2) is 5.82 Å². The first-order valence-electron chi connectivity index (χ1n) is 7.36. The summed E-state index contributed by atoms with van der Waals surface area (Å²) in [5.41, 5.74) is 0. The predicted molar refractivity (Wildman–Crippen MR) is 82.3 cm³/mol. The molecule has 23 heavy (non-hydrogen) atoms. The third kappa shape index (κ3) is 3.15. The molecule has 2 heterocycles. The van der Waals surface area contributed by atoms with Crippen LogP contribution in [0.4, 0.5) is 0 Å². The topological polar surface area (TPSA) is 85.5 Å². The Morgan fingerprint density at radius 3 is 2.65 bits per heavy atom. The lowest BCUT2D eigenvalue weighted by Crippen LogP contribution is -2.29. The molecule has 3 rings (SSSR count). The normalized spacial score (nSPS) is 22.5. The van der Waals surface area contributed by atoms with Crippen LogP contribution in [-0.2, 0) is 14.8 Å². The summed E-state index contributed by atoms with van der Waals surface area (Å²) in [6.07, 6.45) is 0. The zero-order chi connectivity index (χ0) is 16.4. The maximum Gasteiger partial charge on any atom is 0.243 e. The quantitative estimate of drug-likeness (QED) is 0.820. The largest absolute Gasteiger partial charge is 0.384 e. The highest BCUT2D eigenvalue weighted by Gasteiger charge is 2.42. The second-order valence-corrected chi connectivity index (χ2v) is 7.57. The summed E-state index contributed by atoms with van der Waals surface area (Å²) in [5, 5.41) is 3.81. The Morgan fingerprint density at radius 1 is 1.30 bits per heavy atom. The molecule has 1 saturated heterocycles. The first-order valence-corrected chi connectivity index (χ1v) is 8.80. The highest BCUT2D eigenvalue weighted by Crippen LogP contribution is 2.35. The SMILES string of the molecule is COC[C@@H]1CN(S(=O)(=O)c2ccccc2)C[C@H]1c1nc(C)no1. The fourth-order valence-electron chi connectivity index (χ4n) is 2.90. The van der Waals surface area contributed by atoms with Gasteiger partial charge in [0.1, 0.15) is 0 Å². The smallest absolute Gasteiger partial charge is 0.243 e. The number of aryl methyl sites for hydroxylation is 1. The highest BCUT2D eigenvalue weighted by atomic mass is 32.2. The van der Waals surface area contributed by atoms with Crippen LogP contribution in [0, 0.1) is 12.8 Å². The van der Waals surface area contributed by atoms with Crippen LogP contribution >= 0.6 is 0 Å². The monoisotopic (exact) mass is 337 g/mol. The van der Waals surface area contributed by atoms with Crippen molar-refractivity contribution in [3.8, 4) is 0 Å². The number of hydrogen-bond acceptors (Lipinski definition) is 6. The van der Waals surface area contributed by atoms with Crippen molar-refractivity contribution in [3.05, 3.63) is 42.0 Å². The van der Waals surface area contributed by atoms with Crippen LogP contribution in [0.15, 0.2) is 39.8 Å².